The number of halogens is 2. The minimum atomic E-state index is 0. The number of thiol groups is 1. The predicted octanol–water partition coefficient (Wildman–Crippen LogP) is 1.09. The molecule has 2 nitrogen and oxygen atoms in total. The van der Waals surface area contributed by atoms with Gasteiger partial charge in [-0.05, 0) is 26.4 Å². The second-order valence-corrected chi connectivity index (χ2v) is 2.55. The first-order valence-electron chi connectivity index (χ1n) is 3.35. The van der Waals surface area contributed by atoms with Crippen LogP contribution in [-0.4, -0.2) is 24.9 Å². The summed E-state index contributed by atoms with van der Waals surface area (Å²) in [5.74, 6) is 0.893. The Labute approximate surface area is 86.9 Å². The van der Waals surface area contributed by atoms with E-state index in [1.165, 1.54) is 0 Å². The molecule has 3 N–H and O–H groups in total. The summed E-state index contributed by atoms with van der Waals surface area (Å²) in [5, 5.41) is 3.28. The molecule has 0 aliphatic carbocycles. The van der Waals surface area contributed by atoms with Crippen LogP contribution in [0.3, 0.4) is 0 Å². The van der Waals surface area contributed by atoms with Crippen molar-refractivity contribution in [2.75, 3.05) is 18.8 Å². The highest BCUT2D eigenvalue weighted by atomic mass is 35.5. The molecule has 0 rings (SSSR count). The summed E-state index contributed by atoms with van der Waals surface area (Å²) >= 11 is 4.12. The average molecular weight is 221 g/mol. The number of nitrogens with two attached hydrogens (primary N) is 1. The van der Waals surface area contributed by atoms with E-state index in [4.69, 9.17) is 5.73 Å². The second-order valence-electron chi connectivity index (χ2n) is 2.18. The molecular weight excluding hydrogens is 203 g/mol. The quantitative estimate of drug-likeness (QED) is 0.480. The SMILES string of the molecule is CC(CS)NCCCN.Cl.Cl. The van der Waals surface area contributed by atoms with Crippen molar-refractivity contribution in [2.45, 2.75) is 19.4 Å². The van der Waals surface area contributed by atoms with E-state index in [2.05, 4.69) is 24.9 Å². The van der Waals surface area contributed by atoms with Gasteiger partial charge < -0.3 is 11.1 Å². The zero-order valence-electron chi connectivity index (χ0n) is 6.75. The molecule has 72 valence electrons. The molecule has 0 aliphatic heterocycles. The molecule has 0 amide bonds. The van der Waals surface area contributed by atoms with Crippen LogP contribution in [0, 0.1) is 0 Å². The third-order valence-electron chi connectivity index (χ3n) is 1.15. The van der Waals surface area contributed by atoms with Crippen molar-refractivity contribution in [3.8, 4) is 0 Å². The molecule has 11 heavy (non-hydrogen) atoms. The molecule has 0 fully saturated rings. The van der Waals surface area contributed by atoms with E-state index in [0.29, 0.717) is 6.04 Å². The molecule has 0 heterocycles. The number of hydrogen-bond acceptors (Lipinski definition) is 3. The van der Waals surface area contributed by atoms with Crippen LogP contribution in [0.25, 0.3) is 0 Å². The van der Waals surface area contributed by atoms with E-state index >= 15 is 0 Å². The highest BCUT2D eigenvalue weighted by molar-refractivity contribution is 7.80. The first-order chi connectivity index (χ1) is 4.31. The predicted molar refractivity (Wildman–Crippen MR) is 59.5 cm³/mol. The summed E-state index contributed by atoms with van der Waals surface area (Å²) in [6.45, 7) is 3.90. The third kappa shape index (κ3) is 13.8. The molecule has 1 unspecified atom stereocenters. The van der Waals surface area contributed by atoms with Crippen molar-refractivity contribution < 1.29 is 0 Å². The molecule has 0 radical (unpaired) electrons. The molecular formula is C6H18Cl2N2S. The van der Waals surface area contributed by atoms with Crippen molar-refractivity contribution in [3.05, 3.63) is 0 Å². The molecule has 5 heteroatoms. The van der Waals surface area contributed by atoms with Crippen LogP contribution in [0.2, 0.25) is 0 Å². The Hall–Kier alpha value is 0.850. The van der Waals surface area contributed by atoms with Crippen LogP contribution in [0.5, 0.6) is 0 Å². The molecule has 1 atom stereocenters. The van der Waals surface area contributed by atoms with Crippen molar-refractivity contribution >= 4 is 37.4 Å². The van der Waals surface area contributed by atoms with E-state index in [0.717, 1.165) is 25.3 Å². The smallest absolute Gasteiger partial charge is 0.0127 e. The van der Waals surface area contributed by atoms with Crippen LogP contribution < -0.4 is 11.1 Å². The zero-order chi connectivity index (χ0) is 7.11. The van der Waals surface area contributed by atoms with Gasteiger partial charge >= 0.3 is 0 Å². The van der Waals surface area contributed by atoms with Crippen molar-refractivity contribution in [1.29, 1.82) is 0 Å². The maximum atomic E-state index is 5.30. The van der Waals surface area contributed by atoms with E-state index < -0.39 is 0 Å². The van der Waals surface area contributed by atoms with Gasteiger partial charge in [-0.2, -0.15) is 12.6 Å². The van der Waals surface area contributed by atoms with Crippen molar-refractivity contribution in [1.82, 2.24) is 5.32 Å². The van der Waals surface area contributed by atoms with Crippen molar-refractivity contribution in [3.63, 3.8) is 0 Å². The molecule has 0 aromatic heterocycles. The first-order valence-corrected chi connectivity index (χ1v) is 3.98. The minimum Gasteiger partial charge on any atom is -0.330 e. The molecule has 0 aromatic carbocycles. The van der Waals surface area contributed by atoms with Gasteiger partial charge in [0.2, 0.25) is 0 Å². The minimum absolute atomic E-state index is 0. The van der Waals surface area contributed by atoms with E-state index in [1.807, 2.05) is 0 Å². The van der Waals surface area contributed by atoms with Gasteiger partial charge in [0.15, 0.2) is 0 Å². The number of nitrogens with one attached hydrogen (secondary N) is 1. The highest BCUT2D eigenvalue weighted by Gasteiger charge is 1.94. The van der Waals surface area contributed by atoms with Crippen LogP contribution in [0.15, 0.2) is 0 Å². The zero-order valence-corrected chi connectivity index (χ0v) is 9.27. The van der Waals surface area contributed by atoms with Gasteiger partial charge in [-0.15, -0.1) is 24.8 Å². The Balaban J connectivity index is -0.000000320. The van der Waals surface area contributed by atoms with Crippen LogP contribution in [0.4, 0.5) is 0 Å². The first kappa shape index (κ1) is 17.8. The summed E-state index contributed by atoms with van der Waals surface area (Å²) in [7, 11) is 0. The average Bonchev–Trinajstić information content (AvgIpc) is 1.89. The summed E-state index contributed by atoms with van der Waals surface area (Å²) in [6.07, 6.45) is 1.05. The monoisotopic (exact) mass is 220 g/mol. The second kappa shape index (κ2) is 13.4. The largest absolute Gasteiger partial charge is 0.330 e. The van der Waals surface area contributed by atoms with E-state index in [1.54, 1.807) is 0 Å². The Bertz CT molecular complexity index is 66.5. The molecule has 0 bridgehead atoms. The molecule has 0 spiro atoms. The fourth-order valence-electron chi connectivity index (χ4n) is 0.515. The topological polar surface area (TPSA) is 38.0 Å². The normalized spacial score (nSPS) is 11.2. The lowest BCUT2D eigenvalue weighted by Crippen LogP contribution is -2.29. The van der Waals surface area contributed by atoms with Crippen molar-refractivity contribution in [2.24, 2.45) is 5.73 Å². The van der Waals surface area contributed by atoms with Gasteiger partial charge in [-0.1, -0.05) is 0 Å². The molecule has 0 aromatic rings. The maximum absolute atomic E-state index is 5.30. The molecule has 0 aliphatic rings. The van der Waals surface area contributed by atoms with E-state index in [-0.39, 0.29) is 24.8 Å². The lowest BCUT2D eigenvalue weighted by atomic mass is 10.3. The lowest BCUT2D eigenvalue weighted by molar-refractivity contribution is 0.581. The fourth-order valence-corrected chi connectivity index (χ4v) is 0.644. The molecule has 0 saturated heterocycles. The third-order valence-corrected chi connectivity index (χ3v) is 1.70. The van der Waals surface area contributed by atoms with Gasteiger partial charge in [0.05, 0.1) is 0 Å². The Morgan fingerprint density at radius 2 is 2.00 bits per heavy atom. The van der Waals surface area contributed by atoms with E-state index in [9.17, 15) is 0 Å². The summed E-state index contributed by atoms with van der Waals surface area (Å²) in [4.78, 5) is 0. The van der Waals surface area contributed by atoms with Crippen LogP contribution in [0.1, 0.15) is 13.3 Å². The van der Waals surface area contributed by atoms with Gasteiger partial charge in [0.1, 0.15) is 0 Å². The Kier molecular flexibility index (Phi) is 21.8. The van der Waals surface area contributed by atoms with Gasteiger partial charge in [0, 0.05) is 11.8 Å². The fraction of sp³-hybridized carbons (Fsp3) is 1.00. The standard InChI is InChI=1S/C6H16N2S.2ClH/c1-6(5-9)8-4-2-3-7;;/h6,8-9H,2-5,7H2,1H3;2*1H. The summed E-state index contributed by atoms with van der Waals surface area (Å²) in [5.41, 5.74) is 5.30. The van der Waals surface area contributed by atoms with Gasteiger partial charge in [-0.3, -0.25) is 0 Å². The van der Waals surface area contributed by atoms with Gasteiger partial charge in [-0.25, -0.2) is 0 Å². The number of hydrogen-bond donors (Lipinski definition) is 3. The number of rotatable bonds is 5. The van der Waals surface area contributed by atoms with Crippen LogP contribution in [-0.2, 0) is 0 Å². The summed E-state index contributed by atoms with van der Waals surface area (Å²) in [6, 6.07) is 0.514. The Morgan fingerprint density at radius 1 is 1.45 bits per heavy atom. The lowest BCUT2D eigenvalue weighted by Gasteiger charge is -2.08. The highest BCUT2D eigenvalue weighted by Crippen LogP contribution is 1.84. The van der Waals surface area contributed by atoms with Crippen LogP contribution >= 0.6 is 37.4 Å². The maximum Gasteiger partial charge on any atom is 0.0127 e. The molecule has 0 saturated carbocycles. The summed E-state index contributed by atoms with van der Waals surface area (Å²) < 4.78 is 0. The Morgan fingerprint density at radius 3 is 2.36 bits per heavy atom. The van der Waals surface area contributed by atoms with Gasteiger partial charge in [0.25, 0.3) is 0 Å².